The zero-order valence-electron chi connectivity index (χ0n) is 40.1. The van der Waals surface area contributed by atoms with E-state index in [1.165, 1.54) is 135 Å². The van der Waals surface area contributed by atoms with E-state index in [-0.39, 0.29) is 19.2 Å². The molecular formula is C57H98O4. The van der Waals surface area contributed by atoms with Gasteiger partial charge in [0, 0.05) is 13.0 Å². The average molecular weight is 847 g/mol. The van der Waals surface area contributed by atoms with E-state index in [2.05, 4.69) is 111 Å². The van der Waals surface area contributed by atoms with E-state index in [4.69, 9.17) is 9.47 Å². The molecule has 0 aromatic rings. The van der Waals surface area contributed by atoms with Crippen molar-refractivity contribution in [2.24, 2.45) is 0 Å². The SMILES string of the molecule is CC/C=C\C/C=C\C/C=C\C/C=C\C/C=C\C/C=C\C/C=C\CCCCCC(=O)OC(CO)COCCCCCCCCCCCCCC/C=C\CCCCCCCCCC. The Morgan fingerprint density at radius 1 is 0.410 bits per heavy atom. The standard InChI is InChI=1S/C57H98O4/c1-3-5-7-9-11-13-15-17-19-21-23-25-27-29-30-32-34-36-38-40-42-44-46-48-50-52-57(59)61-56(54-58)55-60-53-51-49-47-45-43-41-39-37-35-33-31-28-26-24-22-20-18-16-14-12-10-8-6-4-2/h5,7,11,13,17,19,22-25,29-30,34,36,40,42,56,58H,3-4,6,8-10,12,14-16,18,20-21,26-28,31-33,35,37-39,41,43-55H2,1-2H3/b7-5-,13-11-,19-17-,24-22-,25-23-,30-29-,36-34-,42-40-. The molecule has 61 heavy (non-hydrogen) atoms. The minimum absolute atomic E-state index is 0.190. The lowest BCUT2D eigenvalue weighted by atomic mass is 10.0. The molecule has 4 heteroatoms. The molecule has 0 saturated heterocycles. The third-order valence-corrected chi connectivity index (χ3v) is 10.9. The van der Waals surface area contributed by atoms with Gasteiger partial charge in [-0.25, -0.2) is 0 Å². The molecule has 4 nitrogen and oxygen atoms in total. The predicted octanol–water partition coefficient (Wildman–Crippen LogP) is 17.7. The third-order valence-electron chi connectivity index (χ3n) is 10.9. The van der Waals surface area contributed by atoms with Gasteiger partial charge in [0.05, 0.1) is 13.2 Å². The molecule has 1 N–H and O–H groups in total. The molecule has 0 heterocycles. The Bertz CT molecular complexity index is 1120. The molecule has 0 saturated carbocycles. The summed E-state index contributed by atoms with van der Waals surface area (Å²) in [6.45, 7) is 5.20. The lowest BCUT2D eigenvalue weighted by Gasteiger charge is -2.15. The number of aliphatic hydroxyl groups is 1. The van der Waals surface area contributed by atoms with E-state index in [0.717, 1.165) is 77.0 Å². The first-order valence-electron chi connectivity index (χ1n) is 25.8. The molecule has 0 bridgehead atoms. The highest BCUT2D eigenvalue weighted by molar-refractivity contribution is 5.69. The summed E-state index contributed by atoms with van der Waals surface area (Å²) in [6, 6.07) is 0. The van der Waals surface area contributed by atoms with Crippen LogP contribution in [0.5, 0.6) is 0 Å². The maximum Gasteiger partial charge on any atom is 0.306 e. The Hall–Kier alpha value is -2.69. The topological polar surface area (TPSA) is 55.8 Å². The fraction of sp³-hybridized carbons (Fsp3) is 0.702. The predicted molar refractivity (Wildman–Crippen MR) is 269 cm³/mol. The summed E-state index contributed by atoms with van der Waals surface area (Å²) in [5.74, 6) is -0.233. The van der Waals surface area contributed by atoms with E-state index in [0.29, 0.717) is 13.0 Å². The second kappa shape index (κ2) is 53.4. The van der Waals surface area contributed by atoms with Gasteiger partial charge in [0.1, 0.15) is 6.10 Å². The number of carbonyl (C=O) groups excluding carboxylic acids is 1. The number of carbonyl (C=O) groups is 1. The Labute approximate surface area is 379 Å². The largest absolute Gasteiger partial charge is 0.457 e. The van der Waals surface area contributed by atoms with Gasteiger partial charge in [0.2, 0.25) is 0 Å². The molecule has 0 aliphatic rings. The van der Waals surface area contributed by atoms with Crippen LogP contribution in [0.25, 0.3) is 0 Å². The third kappa shape index (κ3) is 51.6. The van der Waals surface area contributed by atoms with Crippen molar-refractivity contribution in [3.8, 4) is 0 Å². The maximum absolute atomic E-state index is 12.3. The summed E-state index contributed by atoms with van der Waals surface area (Å²) in [5, 5.41) is 9.65. The van der Waals surface area contributed by atoms with Gasteiger partial charge in [-0.05, 0) is 96.3 Å². The van der Waals surface area contributed by atoms with Crippen LogP contribution in [0.2, 0.25) is 0 Å². The van der Waals surface area contributed by atoms with Crippen molar-refractivity contribution in [1.82, 2.24) is 0 Å². The number of unbranched alkanes of at least 4 members (excludes halogenated alkanes) is 23. The van der Waals surface area contributed by atoms with Crippen LogP contribution >= 0.6 is 0 Å². The van der Waals surface area contributed by atoms with E-state index in [1.54, 1.807) is 0 Å². The molecule has 0 aliphatic carbocycles. The first-order valence-corrected chi connectivity index (χ1v) is 25.8. The van der Waals surface area contributed by atoms with Gasteiger partial charge < -0.3 is 14.6 Å². The number of allylic oxidation sites excluding steroid dienone is 16. The zero-order chi connectivity index (χ0) is 44.0. The maximum atomic E-state index is 12.3. The highest BCUT2D eigenvalue weighted by Gasteiger charge is 2.13. The molecule has 0 spiro atoms. The van der Waals surface area contributed by atoms with E-state index >= 15 is 0 Å². The first-order chi connectivity index (χ1) is 30.2. The van der Waals surface area contributed by atoms with Crippen molar-refractivity contribution in [2.45, 2.75) is 238 Å². The fourth-order valence-corrected chi connectivity index (χ4v) is 7.07. The zero-order valence-corrected chi connectivity index (χ0v) is 40.1. The Balaban J connectivity index is 3.51. The van der Waals surface area contributed by atoms with Crippen molar-refractivity contribution in [3.63, 3.8) is 0 Å². The van der Waals surface area contributed by atoms with E-state index in [1.807, 2.05) is 0 Å². The van der Waals surface area contributed by atoms with Crippen molar-refractivity contribution in [1.29, 1.82) is 0 Å². The van der Waals surface area contributed by atoms with Crippen molar-refractivity contribution in [2.75, 3.05) is 19.8 Å². The molecule has 0 rings (SSSR count). The summed E-state index contributed by atoms with van der Waals surface area (Å²) in [4.78, 5) is 12.3. The highest BCUT2D eigenvalue weighted by Crippen LogP contribution is 2.14. The van der Waals surface area contributed by atoms with Crippen LogP contribution in [-0.4, -0.2) is 37.0 Å². The summed E-state index contributed by atoms with van der Waals surface area (Å²) in [6.07, 6.45) is 76.4. The van der Waals surface area contributed by atoms with E-state index < -0.39 is 6.10 Å². The van der Waals surface area contributed by atoms with Crippen LogP contribution in [0.1, 0.15) is 232 Å². The molecule has 0 radical (unpaired) electrons. The number of esters is 1. The minimum atomic E-state index is -0.560. The van der Waals surface area contributed by atoms with Crippen LogP contribution in [0.15, 0.2) is 97.2 Å². The molecule has 0 amide bonds. The van der Waals surface area contributed by atoms with Gasteiger partial charge in [-0.2, -0.15) is 0 Å². The smallest absolute Gasteiger partial charge is 0.306 e. The number of hydrogen-bond donors (Lipinski definition) is 1. The lowest BCUT2D eigenvalue weighted by Crippen LogP contribution is -2.27. The van der Waals surface area contributed by atoms with Crippen molar-refractivity contribution < 1.29 is 19.4 Å². The number of hydrogen-bond acceptors (Lipinski definition) is 4. The Morgan fingerprint density at radius 2 is 0.738 bits per heavy atom. The molecule has 0 fully saturated rings. The minimum Gasteiger partial charge on any atom is -0.457 e. The number of aliphatic hydroxyl groups excluding tert-OH is 1. The Kier molecular flexibility index (Phi) is 51.1. The molecule has 0 aliphatic heterocycles. The van der Waals surface area contributed by atoms with E-state index in [9.17, 15) is 9.90 Å². The molecule has 1 atom stereocenters. The van der Waals surface area contributed by atoms with Crippen LogP contribution in [0.3, 0.4) is 0 Å². The van der Waals surface area contributed by atoms with Crippen molar-refractivity contribution >= 4 is 5.97 Å². The summed E-state index contributed by atoms with van der Waals surface area (Å²) in [7, 11) is 0. The highest BCUT2D eigenvalue weighted by atomic mass is 16.6. The molecular weight excluding hydrogens is 749 g/mol. The molecule has 350 valence electrons. The van der Waals surface area contributed by atoms with Gasteiger partial charge in [-0.1, -0.05) is 227 Å². The fourth-order valence-electron chi connectivity index (χ4n) is 7.07. The summed E-state index contributed by atoms with van der Waals surface area (Å²) in [5.41, 5.74) is 0. The average Bonchev–Trinajstić information content (AvgIpc) is 3.27. The molecule has 1 unspecified atom stereocenters. The van der Waals surface area contributed by atoms with Crippen molar-refractivity contribution in [3.05, 3.63) is 97.2 Å². The van der Waals surface area contributed by atoms with Gasteiger partial charge in [-0.15, -0.1) is 0 Å². The summed E-state index contributed by atoms with van der Waals surface area (Å²) >= 11 is 0. The number of ether oxygens (including phenoxy) is 2. The van der Waals surface area contributed by atoms with Crippen LogP contribution in [0, 0.1) is 0 Å². The van der Waals surface area contributed by atoms with Crippen LogP contribution in [-0.2, 0) is 14.3 Å². The monoisotopic (exact) mass is 847 g/mol. The van der Waals surface area contributed by atoms with Gasteiger partial charge in [0.25, 0.3) is 0 Å². The van der Waals surface area contributed by atoms with Gasteiger partial charge in [-0.3, -0.25) is 4.79 Å². The summed E-state index contributed by atoms with van der Waals surface area (Å²) < 4.78 is 11.2. The molecule has 0 aromatic heterocycles. The van der Waals surface area contributed by atoms with Gasteiger partial charge in [0.15, 0.2) is 0 Å². The second-order valence-electron chi connectivity index (χ2n) is 16.9. The molecule has 0 aromatic carbocycles. The van der Waals surface area contributed by atoms with Gasteiger partial charge >= 0.3 is 5.97 Å². The normalized spacial score (nSPS) is 13.2. The first kappa shape index (κ1) is 58.3. The van der Waals surface area contributed by atoms with Crippen LogP contribution in [0.4, 0.5) is 0 Å². The number of rotatable bonds is 47. The second-order valence-corrected chi connectivity index (χ2v) is 16.9. The Morgan fingerprint density at radius 3 is 1.13 bits per heavy atom. The van der Waals surface area contributed by atoms with Crippen LogP contribution < -0.4 is 0 Å². The lowest BCUT2D eigenvalue weighted by molar-refractivity contribution is -0.154. The quantitative estimate of drug-likeness (QED) is 0.0377.